The van der Waals surface area contributed by atoms with E-state index in [-0.39, 0.29) is 24.2 Å². The van der Waals surface area contributed by atoms with Crippen molar-refractivity contribution in [3.05, 3.63) is 66.2 Å². The minimum Gasteiger partial charge on any atom is -0.483 e. The van der Waals surface area contributed by atoms with E-state index in [9.17, 15) is 4.79 Å². The van der Waals surface area contributed by atoms with Gasteiger partial charge in [-0.3, -0.25) is 4.79 Å². The standard InChI is InChI=1S/C23H26N4O3/c1-16(17-8-10-19(11-9-17)27-15-24-14-25-27)26(4)21(28)13-29-20-7-5-6-18-12-23(2,3)30-22(18)20/h5-11,14-16H,12-13H2,1-4H3/t16-/m0/s1. The number of nitrogens with zero attached hydrogens (tertiary/aromatic N) is 4. The number of fused-ring (bicyclic) bond motifs is 1. The van der Waals surface area contributed by atoms with Crippen LogP contribution < -0.4 is 9.47 Å². The van der Waals surface area contributed by atoms with E-state index in [1.54, 1.807) is 23.0 Å². The van der Waals surface area contributed by atoms with Crippen LogP contribution >= 0.6 is 0 Å². The van der Waals surface area contributed by atoms with Crippen molar-refractivity contribution in [3.8, 4) is 17.2 Å². The van der Waals surface area contributed by atoms with Gasteiger partial charge in [-0.15, -0.1) is 0 Å². The van der Waals surface area contributed by atoms with E-state index in [0.717, 1.165) is 29.0 Å². The number of carbonyl (C=O) groups excluding carboxylic acids is 1. The molecule has 0 unspecified atom stereocenters. The van der Waals surface area contributed by atoms with Crippen LogP contribution in [-0.4, -0.2) is 44.8 Å². The van der Waals surface area contributed by atoms with Gasteiger partial charge in [0.25, 0.3) is 5.91 Å². The number of para-hydroxylation sites is 1. The number of ether oxygens (including phenoxy) is 2. The van der Waals surface area contributed by atoms with E-state index >= 15 is 0 Å². The maximum atomic E-state index is 12.8. The van der Waals surface area contributed by atoms with Crippen LogP contribution in [0, 0.1) is 0 Å². The minimum absolute atomic E-state index is 0.0435. The maximum Gasteiger partial charge on any atom is 0.260 e. The molecule has 30 heavy (non-hydrogen) atoms. The second-order valence-electron chi connectivity index (χ2n) is 8.18. The van der Waals surface area contributed by atoms with Gasteiger partial charge in [-0.2, -0.15) is 5.10 Å². The third-order valence-electron chi connectivity index (χ3n) is 5.44. The molecule has 0 N–H and O–H groups in total. The number of hydrogen-bond donors (Lipinski definition) is 0. The van der Waals surface area contributed by atoms with Gasteiger partial charge >= 0.3 is 0 Å². The van der Waals surface area contributed by atoms with Crippen LogP contribution in [0.1, 0.15) is 37.9 Å². The second kappa shape index (κ2) is 7.82. The number of carbonyl (C=O) groups is 1. The summed E-state index contributed by atoms with van der Waals surface area (Å²) >= 11 is 0. The summed E-state index contributed by atoms with van der Waals surface area (Å²) in [6.45, 7) is 6.05. The van der Waals surface area contributed by atoms with E-state index in [0.29, 0.717) is 5.75 Å². The van der Waals surface area contributed by atoms with Gasteiger partial charge in [0.1, 0.15) is 18.3 Å². The van der Waals surface area contributed by atoms with Crippen molar-refractivity contribution < 1.29 is 14.3 Å². The zero-order chi connectivity index (χ0) is 21.3. The van der Waals surface area contributed by atoms with E-state index in [1.807, 2.05) is 63.2 Å². The molecule has 0 saturated carbocycles. The molecule has 0 saturated heterocycles. The molecule has 3 aromatic rings. The Kier molecular flexibility index (Phi) is 5.20. The largest absolute Gasteiger partial charge is 0.483 e. The lowest BCUT2D eigenvalue weighted by molar-refractivity contribution is -0.134. The Bertz CT molecular complexity index is 1030. The van der Waals surface area contributed by atoms with Crippen molar-refractivity contribution in [2.45, 2.75) is 38.8 Å². The molecule has 7 nitrogen and oxygen atoms in total. The Morgan fingerprint density at radius 3 is 2.73 bits per heavy atom. The van der Waals surface area contributed by atoms with Crippen molar-refractivity contribution in [1.82, 2.24) is 19.7 Å². The van der Waals surface area contributed by atoms with Crippen LogP contribution in [0.5, 0.6) is 11.5 Å². The molecule has 1 amide bonds. The first-order valence-corrected chi connectivity index (χ1v) is 9.98. The zero-order valence-corrected chi connectivity index (χ0v) is 17.7. The third-order valence-corrected chi connectivity index (χ3v) is 5.44. The van der Waals surface area contributed by atoms with Crippen molar-refractivity contribution in [3.63, 3.8) is 0 Å². The summed E-state index contributed by atoms with van der Waals surface area (Å²) < 4.78 is 13.6. The smallest absolute Gasteiger partial charge is 0.260 e. The number of benzene rings is 2. The Balaban J connectivity index is 1.39. The van der Waals surface area contributed by atoms with Crippen molar-refractivity contribution in [2.24, 2.45) is 0 Å². The molecule has 0 aliphatic carbocycles. The van der Waals surface area contributed by atoms with Gasteiger partial charge in [0, 0.05) is 19.0 Å². The summed E-state index contributed by atoms with van der Waals surface area (Å²) in [5.41, 5.74) is 2.80. The zero-order valence-electron chi connectivity index (χ0n) is 17.7. The molecule has 1 aromatic heterocycles. The first-order valence-electron chi connectivity index (χ1n) is 9.98. The fraction of sp³-hybridized carbons (Fsp3) is 0.348. The van der Waals surface area contributed by atoms with Crippen LogP contribution in [0.15, 0.2) is 55.1 Å². The molecule has 7 heteroatoms. The Morgan fingerprint density at radius 1 is 1.27 bits per heavy atom. The normalized spacial score (nSPS) is 15.2. The van der Waals surface area contributed by atoms with Crippen LogP contribution in [0.25, 0.3) is 5.69 Å². The SMILES string of the molecule is C[C@@H](c1ccc(-n2cncn2)cc1)N(C)C(=O)COc1cccc2c1OC(C)(C)C2. The molecule has 156 valence electrons. The highest BCUT2D eigenvalue weighted by Crippen LogP contribution is 2.41. The van der Waals surface area contributed by atoms with E-state index in [2.05, 4.69) is 10.1 Å². The monoisotopic (exact) mass is 406 g/mol. The first kappa shape index (κ1) is 19.9. The summed E-state index contributed by atoms with van der Waals surface area (Å²) in [6, 6.07) is 13.6. The van der Waals surface area contributed by atoms with E-state index in [1.165, 1.54) is 6.33 Å². The number of rotatable bonds is 6. The second-order valence-corrected chi connectivity index (χ2v) is 8.18. The summed E-state index contributed by atoms with van der Waals surface area (Å²) in [5.74, 6) is 1.26. The Morgan fingerprint density at radius 2 is 2.03 bits per heavy atom. The van der Waals surface area contributed by atoms with E-state index < -0.39 is 0 Å². The average Bonchev–Trinajstić information content (AvgIpc) is 3.37. The lowest BCUT2D eigenvalue weighted by Gasteiger charge is -2.26. The van der Waals surface area contributed by atoms with Gasteiger partial charge in [-0.05, 0) is 44.5 Å². The predicted molar refractivity (Wildman–Crippen MR) is 113 cm³/mol. The fourth-order valence-corrected chi connectivity index (χ4v) is 3.63. The Hall–Kier alpha value is -3.35. The van der Waals surface area contributed by atoms with Gasteiger partial charge in [0.2, 0.25) is 0 Å². The molecule has 0 radical (unpaired) electrons. The van der Waals surface area contributed by atoms with Gasteiger partial charge in [-0.1, -0.05) is 24.3 Å². The molecule has 2 aromatic carbocycles. The molecule has 0 fully saturated rings. The van der Waals surface area contributed by atoms with E-state index in [4.69, 9.17) is 9.47 Å². The van der Waals surface area contributed by atoms with Crippen LogP contribution in [-0.2, 0) is 11.2 Å². The minimum atomic E-state index is -0.254. The van der Waals surface area contributed by atoms with Crippen LogP contribution in [0.4, 0.5) is 0 Å². The highest BCUT2D eigenvalue weighted by atomic mass is 16.5. The maximum absolute atomic E-state index is 12.8. The quantitative estimate of drug-likeness (QED) is 0.626. The van der Waals surface area contributed by atoms with Crippen molar-refractivity contribution in [1.29, 1.82) is 0 Å². The number of likely N-dealkylation sites (N-methyl/N-ethyl adjacent to an activating group) is 1. The van der Waals surface area contributed by atoms with Crippen LogP contribution in [0.3, 0.4) is 0 Å². The molecule has 4 rings (SSSR count). The number of hydrogen-bond acceptors (Lipinski definition) is 5. The molecule has 1 aliphatic heterocycles. The topological polar surface area (TPSA) is 69.5 Å². The molecule has 0 spiro atoms. The Labute approximate surface area is 176 Å². The van der Waals surface area contributed by atoms with Gasteiger partial charge < -0.3 is 14.4 Å². The summed E-state index contributed by atoms with van der Waals surface area (Å²) in [4.78, 5) is 18.4. The average molecular weight is 406 g/mol. The molecule has 1 aliphatic rings. The van der Waals surface area contributed by atoms with Crippen molar-refractivity contribution in [2.75, 3.05) is 13.7 Å². The van der Waals surface area contributed by atoms with Gasteiger partial charge in [0.05, 0.1) is 11.7 Å². The number of aromatic nitrogens is 3. The fourth-order valence-electron chi connectivity index (χ4n) is 3.63. The summed E-state index contributed by atoms with van der Waals surface area (Å²) in [6.07, 6.45) is 3.97. The van der Waals surface area contributed by atoms with Crippen LogP contribution in [0.2, 0.25) is 0 Å². The highest BCUT2D eigenvalue weighted by Gasteiger charge is 2.32. The lowest BCUT2D eigenvalue weighted by atomic mass is 10.0. The predicted octanol–water partition coefficient (Wildman–Crippen LogP) is 3.58. The third kappa shape index (κ3) is 4.01. The first-order chi connectivity index (χ1) is 14.3. The molecule has 2 heterocycles. The highest BCUT2D eigenvalue weighted by molar-refractivity contribution is 5.78. The summed E-state index contributed by atoms with van der Waals surface area (Å²) in [7, 11) is 1.79. The lowest BCUT2D eigenvalue weighted by Crippen LogP contribution is -2.33. The summed E-state index contributed by atoms with van der Waals surface area (Å²) in [5, 5.41) is 4.13. The molecule has 1 atom stereocenters. The van der Waals surface area contributed by atoms with Crippen molar-refractivity contribution >= 4 is 5.91 Å². The van der Waals surface area contributed by atoms with Gasteiger partial charge in [-0.25, -0.2) is 9.67 Å². The molecular formula is C23H26N4O3. The number of amides is 1. The molecule has 0 bridgehead atoms. The van der Waals surface area contributed by atoms with Gasteiger partial charge in [0.15, 0.2) is 18.1 Å². The molecular weight excluding hydrogens is 380 g/mol.